The molecule has 0 saturated carbocycles. The van der Waals surface area contributed by atoms with E-state index in [9.17, 15) is 35.1 Å². The van der Waals surface area contributed by atoms with Crippen molar-refractivity contribution in [3.8, 4) is 5.75 Å². The largest absolute Gasteiger partial charge is 0.435 e. The van der Waals surface area contributed by atoms with Gasteiger partial charge in [-0.3, -0.25) is 4.90 Å². The topological polar surface area (TPSA) is 12.5 Å². The number of benzene rings is 1. The molecule has 0 spiro atoms. The molecule has 1 unspecified atom stereocenters. The molecule has 25 heavy (non-hydrogen) atoms. The minimum Gasteiger partial charge on any atom is -0.435 e. The molecule has 0 N–H and O–H groups in total. The first-order chi connectivity index (χ1) is 11.4. The van der Waals surface area contributed by atoms with Crippen molar-refractivity contribution in [1.29, 1.82) is 0 Å². The van der Waals surface area contributed by atoms with E-state index in [1.54, 1.807) is 0 Å². The van der Waals surface area contributed by atoms with Crippen molar-refractivity contribution in [2.75, 3.05) is 13.1 Å². The molecule has 10 heteroatoms. The van der Waals surface area contributed by atoms with Crippen molar-refractivity contribution in [2.24, 2.45) is 5.41 Å². The fraction of sp³-hybridized carbons (Fsp3) is 0.600. The maximum Gasteiger partial charge on any atom is 0.404 e. The summed E-state index contributed by atoms with van der Waals surface area (Å²) in [5.41, 5.74) is -3.35. The van der Waals surface area contributed by atoms with E-state index in [-0.39, 0.29) is 12.3 Å². The maximum absolute atomic E-state index is 13.1. The molecule has 0 bridgehead atoms. The number of halogens is 8. The molecular formula is C15H15F8NO. The van der Waals surface area contributed by atoms with Gasteiger partial charge in [-0.25, -0.2) is 0 Å². The predicted molar refractivity (Wildman–Crippen MR) is 72.2 cm³/mol. The lowest BCUT2D eigenvalue weighted by molar-refractivity contribution is -0.335. The first-order valence-corrected chi connectivity index (χ1v) is 7.30. The second kappa shape index (κ2) is 6.62. The standard InChI is InChI=1S/C15H15F8NO/c1-9(10-2-4-11(5-3-10)25-12(16)17)24-7-6-13(8-24,14(18,19)20)15(21,22)23/h2-5,9,12H,6-8H2,1H3. The van der Waals surface area contributed by atoms with Gasteiger partial charge in [-0.05, 0) is 31.0 Å². The Labute approximate surface area is 138 Å². The number of nitrogens with zero attached hydrogens (tertiary/aromatic N) is 1. The fourth-order valence-corrected chi connectivity index (χ4v) is 2.93. The van der Waals surface area contributed by atoms with Crippen LogP contribution in [0.5, 0.6) is 5.75 Å². The third-order valence-electron chi connectivity index (χ3n) is 4.52. The molecule has 1 aromatic carbocycles. The molecule has 1 atom stereocenters. The third-order valence-corrected chi connectivity index (χ3v) is 4.52. The minimum atomic E-state index is -5.41. The molecule has 1 aliphatic heterocycles. The Morgan fingerprint density at radius 1 is 1.00 bits per heavy atom. The Balaban J connectivity index is 2.17. The van der Waals surface area contributed by atoms with Gasteiger partial charge in [0.1, 0.15) is 5.75 Å². The van der Waals surface area contributed by atoms with Crippen LogP contribution in [0.25, 0.3) is 0 Å². The highest BCUT2D eigenvalue weighted by molar-refractivity contribution is 5.29. The summed E-state index contributed by atoms with van der Waals surface area (Å²) in [6, 6.07) is 4.31. The van der Waals surface area contributed by atoms with Gasteiger partial charge in [-0.15, -0.1) is 0 Å². The molecule has 0 aromatic heterocycles. The average Bonchev–Trinajstić information content (AvgIpc) is 2.92. The lowest BCUT2D eigenvalue weighted by Gasteiger charge is -2.34. The van der Waals surface area contributed by atoms with Crippen molar-refractivity contribution in [2.45, 2.75) is 38.4 Å². The molecule has 142 valence electrons. The second-order valence-electron chi connectivity index (χ2n) is 5.92. The molecule has 1 saturated heterocycles. The van der Waals surface area contributed by atoms with E-state index in [1.165, 1.54) is 31.2 Å². The van der Waals surface area contributed by atoms with E-state index in [2.05, 4.69) is 4.74 Å². The van der Waals surface area contributed by atoms with Gasteiger partial charge in [-0.1, -0.05) is 12.1 Å². The van der Waals surface area contributed by atoms with Crippen molar-refractivity contribution in [1.82, 2.24) is 4.90 Å². The van der Waals surface area contributed by atoms with Gasteiger partial charge in [0, 0.05) is 19.1 Å². The zero-order valence-corrected chi connectivity index (χ0v) is 13.0. The molecule has 0 amide bonds. The molecule has 1 aromatic rings. The van der Waals surface area contributed by atoms with Gasteiger partial charge in [0.25, 0.3) is 0 Å². The monoisotopic (exact) mass is 377 g/mol. The zero-order chi connectivity index (χ0) is 19.0. The van der Waals surface area contributed by atoms with Crippen molar-refractivity contribution in [3.63, 3.8) is 0 Å². The van der Waals surface area contributed by atoms with Crippen molar-refractivity contribution in [3.05, 3.63) is 29.8 Å². The van der Waals surface area contributed by atoms with E-state index in [0.717, 1.165) is 4.90 Å². The Morgan fingerprint density at radius 2 is 1.52 bits per heavy atom. The predicted octanol–water partition coefficient (Wildman–Crippen LogP) is 5.17. The van der Waals surface area contributed by atoms with Gasteiger partial charge in [-0.2, -0.15) is 35.1 Å². The van der Waals surface area contributed by atoms with Crippen LogP contribution >= 0.6 is 0 Å². The summed E-state index contributed by atoms with van der Waals surface area (Å²) in [5.74, 6) is -0.146. The minimum absolute atomic E-state index is 0.146. The second-order valence-corrected chi connectivity index (χ2v) is 5.92. The van der Waals surface area contributed by atoms with E-state index >= 15 is 0 Å². The number of hydrogen-bond acceptors (Lipinski definition) is 2. The van der Waals surface area contributed by atoms with Crippen LogP contribution in [-0.4, -0.2) is 37.0 Å². The number of alkyl halides is 8. The summed E-state index contributed by atoms with van der Waals surface area (Å²) >= 11 is 0. The van der Waals surface area contributed by atoms with Gasteiger partial charge >= 0.3 is 19.0 Å². The van der Waals surface area contributed by atoms with Crippen LogP contribution in [0.15, 0.2) is 24.3 Å². The first-order valence-electron chi connectivity index (χ1n) is 7.30. The van der Waals surface area contributed by atoms with E-state index in [4.69, 9.17) is 0 Å². The lowest BCUT2D eigenvalue weighted by Crippen LogP contribution is -2.51. The normalized spacial score (nSPS) is 20.1. The highest BCUT2D eigenvalue weighted by atomic mass is 19.4. The Morgan fingerprint density at radius 3 is 1.92 bits per heavy atom. The van der Waals surface area contributed by atoms with Crippen molar-refractivity contribution >= 4 is 0 Å². The molecule has 1 fully saturated rings. The SMILES string of the molecule is CC(c1ccc(OC(F)F)cc1)N1CCC(C(F)(F)F)(C(F)(F)F)C1. The van der Waals surface area contributed by atoms with Gasteiger partial charge in [0.2, 0.25) is 0 Å². The van der Waals surface area contributed by atoms with Gasteiger partial charge in [0.05, 0.1) is 0 Å². The summed E-state index contributed by atoms with van der Waals surface area (Å²) in [4.78, 5) is 1.09. The van der Waals surface area contributed by atoms with Crippen molar-refractivity contribution < 1.29 is 39.9 Å². The summed E-state index contributed by atoms with van der Waals surface area (Å²) in [6.45, 7) is -3.14. The summed E-state index contributed by atoms with van der Waals surface area (Å²) in [7, 11) is 0. The van der Waals surface area contributed by atoms with Crippen LogP contribution in [0.2, 0.25) is 0 Å². The summed E-state index contributed by atoms with van der Waals surface area (Å²) in [5, 5.41) is 0. The molecule has 0 aliphatic carbocycles. The molecule has 1 aliphatic rings. The molecule has 2 rings (SSSR count). The van der Waals surface area contributed by atoms with Gasteiger partial charge in [0.15, 0.2) is 5.41 Å². The first kappa shape index (κ1) is 19.7. The molecular weight excluding hydrogens is 362 g/mol. The van der Waals surface area contributed by atoms with Crippen LogP contribution in [0.3, 0.4) is 0 Å². The Hall–Kier alpha value is -1.58. The van der Waals surface area contributed by atoms with Crippen LogP contribution < -0.4 is 4.74 Å². The van der Waals surface area contributed by atoms with E-state index in [0.29, 0.717) is 5.56 Å². The third kappa shape index (κ3) is 3.83. The number of likely N-dealkylation sites (tertiary alicyclic amines) is 1. The Kier molecular flexibility index (Phi) is 5.23. The van der Waals surface area contributed by atoms with Crippen LogP contribution in [0.4, 0.5) is 35.1 Å². The number of hydrogen-bond donors (Lipinski definition) is 0. The van der Waals surface area contributed by atoms with E-state index < -0.39 is 43.4 Å². The molecule has 0 radical (unpaired) electrons. The molecule has 1 heterocycles. The Bertz CT molecular complexity index is 567. The fourth-order valence-electron chi connectivity index (χ4n) is 2.93. The number of rotatable bonds is 4. The van der Waals surface area contributed by atoms with Crippen LogP contribution in [-0.2, 0) is 0 Å². The quantitative estimate of drug-likeness (QED) is 0.672. The van der Waals surface area contributed by atoms with E-state index in [1.807, 2.05) is 0 Å². The number of ether oxygens (including phenoxy) is 1. The highest BCUT2D eigenvalue weighted by Gasteiger charge is 2.72. The molecule has 2 nitrogen and oxygen atoms in total. The maximum atomic E-state index is 13.1. The average molecular weight is 377 g/mol. The van der Waals surface area contributed by atoms with Gasteiger partial charge < -0.3 is 4.74 Å². The van der Waals surface area contributed by atoms with Crippen LogP contribution in [0, 0.1) is 5.41 Å². The summed E-state index contributed by atoms with van der Waals surface area (Å²) < 4.78 is 107. The highest BCUT2D eigenvalue weighted by Crippen LogP contribution is 2.56. The van der Waals surface area contributed by atoms with Crippen LogP contribution in [0.1, 0.15) is 24.9 Å². The smallest absolute Gasteiger partial charge is 0.404 e. The summed E-state index contributed by atoms with van der Waals surface area (Å²) in [6.07, 6.45) is -11.9. The zero-order valence-electron chi connectivity index (χ0n) is 13.0. The lowest BCUT2D eigenvalue weighted by atomic mass is 9.85.